The quantitative estimate of drug-likeness (QED) is 0.822. The van der Waals surface area contributed by atoms with Crippen LogP contribution in [0.2, 0.25) is 0 Å². The van der Waals surface area contributed by atoms with Crippen molar-refractivity contribution in [3.05, 3.63) is 29.8 Å². The van der Waals surface area contributed by atoms with Crippen LogP contribution >= 0.6 is 0 Å². The molecule has 2 aliphatic heterocycles. The van der Waals surface area contributed by atoms with Gasteiger partial charge < -0.3 is 10.2 Å². The van der Waals surface area contributed by atoms with E-state index in [0.717, 1.165) is 12.8 Å². The van der Waals surface area contributed by atoms with Gasteiger partial charge in [0, 0.05) is 43.8 Å². The summed E-state index contributed by atoms with van der Waals surface area (Å²) in [4.78, 5) is 14.9. The van der Waals surface area contributed by atoms with Crippen LogP contribution in [0, 0.1) is 0 Å². The zero-order valence-electron chi connectivity index (χ0n) is 15.8. The Balaban J connectivity index is 1.80. The van der Waals surface area contributed by atoms with E-state index in [1.807, 2.05) is 20.9 Å². The largest absolute Gasteiger partial charge is 0.339 e. The van der Waals surface area contributed by atoms with Crippen LogP contribution in [0.5, 0.6) is 0 Å². The highest BCUT2D eigenvalue weighted by molar-refractivity contribution is 7.89. The summed E-state index contributed by atoms with van der Waals surface area (Å²) >= 11 is 0. The number of nitrogens with one attached hydrogen (secondary N) is 1. The second-order valence-electron chi connectivity index (χ2n) is 7.30. The topological polar surface area (TPSA) is 69.7 Å². The SMILES string of the molecule is CCN(CC)S(=O)(=O)c1cccc(C(=O)N(C)C2CC3CCC(C2)N3)c1. The lowest BCUT2D eigenvalue weighted by molar-refractivity contribution is 0.0681. The first-order chi connectivity index (χ1) is 12.4. The molecule has 0 aliphatic carbocycles. The summed E-state index contributed by atoms with van der Waals surface area (Å²) in [7, 11) is -1.73. The van der Waals surface area contributed by atoms with Gasteiger partial charge in [0.15, 0.2) is 0 Å². The number of sulfonamides is 1. The van der Waals surface area contributed by atoms with Gasteiger partial charge in [-0.1, -0.05) is 19.9 Å². The average Bonchev–Trinajstić information content (AvgIpc) is 2.99. The lowest BCUT2D eigenvalue weighted by Gasteiger charge is -2.35. The zero-order chi connectivity index (χ0) is 18.9. The lowest BCUT2D eigenvalue weighted by atomic mass is 9.98. The minimum atomic E-state index is -3.56. The molecule has 2 bridgehead atoms. The third-order valence-electron chi connectivity index (χ3n) is 5.74. The van der Waals surface area contributed by atoms with Gasteiger partial charge in [0.2, 0.25) is 10.0 Å². The molecule has 144 valence electrons. The Kier molecular flexibility index (Phi) is 5.69. The molecule has 0 spiro atoms. The summed E-state index contributed by atoms with van der Waals surface area (Å²) in [6.45, 7) is 4.45. The van der Waals surface area contributed by atoms with E-state index in [2.05, 4.69) is 5.32 Å². The van der Waals surface area contributed by atoms with Crippen molar-refractivity contribution < 1.29 is 13.2 Å². The fourth-order valence-electron chi connectivity index (χ4n) is 4.22. The standard InChI is InChI=1S/C19H29N3O3S/c1-4-22(5-2)26(24,25)18-8-6-7-14(11-18)19(23)21(3)17-12-15-9-10-16(13-17)20-15/h6-8,11,15-17,20H,4-5,9-10,12-13H2,1-3H3. The van der Waals surface area contributed by atoms with Crippen LogP contribution in [-0.2, 0) is 10.0 Å². The number of hydrogen-bond acceptors (Lipinski definition) is 4. The van der Waals surface area contributed by atoms with Crippen LogP contribution in [0.3, 0.4) is 0 Å². The van der Waals surface area contributed by atoms with Crippen molar-refractivity contribution in [1.82, 2.24) is 14.5 Å². The molecule has 1 N–H and O–H groups in total. The molecule has 2 saturated heterocycles. The Hall–Kier alpha value is -1.44. The molecule has 2 aliphatic rings. The van der Waals surface area contributed by atoms with Crippen LogP contribution in [0.4, 0.5) is 0 Å². The van der Waals surface area contributed by atoms with Gasteiger partial charge in [-0.2, -0.15) is 4.31 Å². The van der Waals surface area contributed by atoms with Crippen molar-refractivity contribution in [2.75, 3.05) is 20.1 Å². The molecule has 26 heavy (non-hydrogen) atoms. The van der Waals surface area contributed by atoms with E-state index in [1.54, 1.807) is 23.1 Å². The van der Waals surface area contributed by atoms with Crippen LogP contribution < -0.4 is 5.32 Å². The minimum Gasteiger partial charge on any atom is -0.339 e. The summed E-state index contributed by atoms with van der Waals surface area (Å²) in [5.74, 6) is -0.104. The predicted octanol–water partition coefficient (Wildman–Crippen LogP) is 2.07. The highest BCUT2D eigenvalue weighted by atomic mass is 32.2. The van der Waals surface area contributed by atoms with E-state index in [4.69, 9.17) is 0 Å². The van der Waals surface area contributed by atoms with Crippen molar-refractivity contribution in [3.8, 4) is 0 Å². The van der Waals surface area contributed by atoms with Gasteiger partial charge in [0.25, 0.3) is 5.91 Å². The van der Waals surface area contributed by atoms with E-state index in [0.29, 0.717) is 30.7 Å². The number of amides is 1. The monoisotopic (exact) mass is 379 g/mol. The average molecular weight is 380 g/mol. The van der Waals surface area contributed by atoms with Gasteiger partial charge in [-0.25, -0.2) is 8.42 Å². The van der Waals surface area contributed by atoms with Crippen molar-refractivity contribution >= 4 is 15.9 Å². The maximum Gasteiger partial charge on any atom is 0.253 e. The number of carbonyl (C=O) groups is 1. The molecule has 1 aromatic rings. The number of carbonyl (C=O) groups excluding carboxylic acids is 1. The summed E-state index contributed by atoms with van der Waals surface area (Å²) < 4.78 is 26.9. The first-order valence-corrected chi connectivity index (χ1v) is 10.9. The molecule has 7 heteroatoms. The Morgan fingerprint density at radius 2 is 1.77 bits per heavy atom. The minimum absolute atomic E-state index is 0.104. The van der Waals surface area contributed by atoms with E-state index in [1.165, 1.54) is 23.2 Å². The number of hydrogen-bond donors (Lipinski definition) is 1. The van der Waals surface area contributed by atoms with E-state index >= 15 is 0 Å². The molecule has 2 unspecified atom stereocenters. The molecule has 3 rings (SSSR count). The van der Waals surface area contributed by atoms with Gasteiger partial charge in [-0.15, -0.1) is 0 Å². The third kappa shape index (κ3) is 3.66. The molecule has 2 atom stereocenters. The molecule has 0 saturated carbocycles. The highest BCUT2D eigenvalue weighted by Gasteiger charge is 2.36. The molecular formula is C19H29N3O3S. The number of nitrogens with zero attached hydrogens (tertiary/aromatic N) is 2. The van der Waals surface area contributed by atoms with Crippen LogP contribution in [0.15, 0.2) is 29.2 Å². The normalized spacial score (nSPS) is 25.5. The van der Waals surface area contributed by atoms with E-state index in [-0.39, 0.29) is 16.8 Å². The maximum absolute atomic E-state index is 13.0. The van der Waals surface area contributed by atoms with Crippen LogP contribution in [0.25, 0.3) is 0 Å². The lowest BCUT2D eigenvalue weighted by Crippen LogP contribution is -2.48. The van der Waals surface area contributed by atoms with Crippen molar-refractivity contribution in [3.63, 3.8) is 0 Å². The number of rotatable bonds is 6. The molecule has 6 nitrogen and oxygen atoms in total. The Labute approximate surface area is 156 Å². The molecular weight excluding hydrogens is 350 g/mol. The number of fused-ring (bicyclic) bond motifs is 2. The van der Waals surface area contributed by atoms with Gasteiger partial charge in [0.1, 0.15) is 0 Å². The number of benzene rings is 1. The second kappa shape index (κ2) is 7.66. The van der Waals surface area contributed by atoms with E-state index < -0.39 is 10.0 Å². The summed E-state index contributed by atoms with van der Waals surface area (Å²) in [6, 6.07) is 7.66. The molecule has 0 radical (unpaired) electrons. The Morgan fingerprint density at radius 3 is 2.35 bits per heavy atom. The van der Waals surface area contributed by atoms with Crippen molar-refractivity contribution in [1.29, 1.82) is 0 Å². The molecule has 0 aromatic heterocycles. The molecule has 1 aromatic carbocycles. The third-order valence-corrected chi connectivity index (χ3v) is 7.79. The highest BCUT2D eigenvalue weighted by Crippen LogP contribution is 2.30. The maximum atomic E-state index is 13.0. The van der Waals surface area contributed by atoms with Crippen molar-refractivity contribution in [2.24, 2.45) is 0 Å². The Bertz CT molecular complexity index is 749. The van der Waals surface area contributed by atoms with Crippen LogP contribution in [-0.4, -0.2) is 61.8 Å². The fraction of sp³-hybridized carbons (Fsp3) is 0.632. The molecule has 2 heterocycles. The first kappa shape index (κ1) is 19.3. The van der Waals surface area contributed by atoms with Crippen molar-refractivity contribution in [2.45, 2.75) is 62.6 Å². The number of piperidine rings is 1. The second-order valence-corrected chi connectivity index (χ2v) is 9.23. The summed E-state index contributed by atoms with van der Waals surface area (Å²) in [6.07, 6.45) is 4.30. The molecule has 2 fully saturated rings. The van der Waals surface area contributed by atoms with Gasteiger partial charge in [-0.05, 0) is 43.9 Å². The zero-order valence-corrected chi connectivity index (χ0v) is 16.6. The Morgan fingerprint density at radius 1 is 1.15 bits per heavy atom. The predicted molar refractivity (Wildman–Crippen MR) is 102 cm³/mol. The van der Waals surface area contributed by atoms with Gasteiger partial charge in [0.05, 0.1) is 4.90 Å². The van der Waals surface area contributed by atoms with Gasteiger partial charge in [-0.3, -0.25) is 4.79 Å². The van der Waals surface area contributed by atoms with E-state index in [9.17, 15) is 13.2 Å². The smallest absolute Gasteiger partial charge is 0.253 e. The fourth-order valence-corrected chi connectivity index (χ4v) is 5.72. The summed E-state index contributed by atoms with van der Waals surface area (Å²) in [5.41, 5.74) is 0.437. The van der Waals surface area contributed by atoms with Gasteiger partial charge >= 0.3 is 0 Å². The summed E-state index contributed by atoms with van der Waals surface area (Å²) in [5, 5.41) is 3.59. The first-order valence-electron chi connectivity index (χ1n) is 9.50. The molecule has 1 amide bonds. The van der Waals surface area contributed by atoms with Crippen LogP contribution in [0.1, 0.15) is 49.9 Å².